The molecule has 1 fully saturated rings. The summed E-state index contributed by atoms with van der Waals surface area (Å²) >= 11 is 6.07. The van der Waals surface area contributed by atoms with Crippen molar-refractivity contribution >= 4 is 45.0 Å². The number of ether oxygens (including phenoxy) is 1. The van der Waals surface area contributed by atoms with Gasteiger partial charge in [-0.15, -0.1) is 0 Å². The van der Waals surface area contributed by atoms with Crippen molar-refractivity contribution in [3.63, 3.8) is 0 Å². The molecule has 2 aromatic carbocycles. The maximum atomic E-state index is 12.2. The van der Waals surface area contributed by atoms with Gasteiger partial charge in [0.05, 0.1) is 24.2 Å². The minimum Gasteiger partial charge on any atom is -0.495 e. The molecule has 1 amide bonds. The highest BCUT2D eigenvalue weighted by Crippen LogP contribution is 2.31. The monoisotopic (exact) mass is 420 g/mol. The van der Waals surface area contributed by atoms with Gasteiger partial charge < -0.3 is 10.1 Å². The van der Waals surface area contributed by atoms with Crippen LogP contribution in [0.4, 0.5) is 11.4 Å². The third-order valence-electron chi connectivity index (χ3n) is 4.45. The SMILES string of the molecule is COc1cc(Cl)c(C)cc1NC(=O)/C=C/c1ccc(N2CCCS2(=O)=O)cc1. The van der Waals surface area contributed by atoms with E-state index in [9.17, 15) is 13.2 Å². The van der Waals surface area contributed by atoms with Crippen LogP contribution >= 0.6 is 11.6 Å². The number of hydrogen-bond acceptors (Lipinski definition) is 4. The van der Waals surface area contributed by atoms with Gasteiger partial charge in [0, 0.05) is 23.7 Å². The number of amides is 1. The predicted molar refractivity (Wildman–Crippen MR) is 113 cm³/mol. The molecule has 8 heteroatoms. The average Bonchev–Trinajstić information content (AvgIpc) is 3.02. The maximum absolute atomic E-state index is 12.2. The molecule has 0 aliphatic carbocycles. The summed E-state index contributed by atoms with van der Waals surface area (Å²) in [5, 5.41) is 3.33. The van der Waals surface area contributed by atoms with Crippen molar-refractivity contribution in [1.82, 2.24) is 0 Å². The molecule has 1 saturated heterocycles. The molecule has 0 radical (unpaired) electrons. The van der Waals surface area contributed by atoms with Crippen LogP contribution in [-0.4, -0.2) is 33.7 Å². The highest BCUT2D eigenvalue weighted by Gasteiger charge is 2.28. The second-order valence-corrected chi connectivity index (χ2v) is 8.88. The minimum absolute atomic E-state index is 0.183. The van der Waals surface area contributed by atoms with E-state index in [0.717, 1.165) is 11.1 Å². The summed E-state index contributed by atoms with van der Waals surface area (Å²) in [5.41, 5.74) is 2.79. The van der Waals surface area contributed by atoms with Crippen molar-refractivity contribution in [3.8, 4) is 5.75 Å². The first-order valence-electron chi connectivity index (χ1n) is 8.74. The predicted octanol–water partition coefficient (Wildman–Crippen LogP) is 3.85. The zero-order valence-corrected chi connectivity index (χ0v) is 17.2. The van der Waals surface area contributed by atoms with E-state index in [1.54, 1.807) is 42.5 Å². The van der Waals surface area contributed by atoms with Crippen molar-refractivity contribution in [2.45, 2.75) is 13.3 Å². The van der Waals surface area contributed by atoms with Crippen molar-refractivity contribution in [2.75, 3.05) is 29.0 Å². The summed E-state index contributed by atoms with van der Waals surface area (Å²) in [5.74, 6) is 0.349. The van der Waals surface area contributed by atoms with Gasteiger partial charge in [0.25, 0.3) is 0 Å². The van der Waals surface area contributed by atoms with Crippen molar-refractivity contribution in [1.29, 1.82) is 0 Å². The minimum atomic E-state index is -3.20. The number of hydrogen-bond donors (Lipinski definition) is 1. The van der Waals surface area contributed by atoms with E-state index < -0.39 is 10.0 Å². The Labute approximate surface area is 169 Å². The quantitative estimate of drug-likeness (QED) is 0.745. The summed E-state index contributed by atoms with van der Waals surface area (Å²) in [6.07, 6.45) is 3.70. The highest BCUT2D eigenvalue weighted by molar-refractivity contribution is 7.93. The molecule has 0 atom stereocenters. The number of nitrogens with zero attached hydrogens (tertiary/aromatic N) is 1. The Bertz CT molecular complexity index is 1020. The van der Waals surface area contributed by atoms with Crippen LogP contribution in [0.5, 0.6) is 5.75 Å². The van der Waals surface area contributed by atoms with Crippen LogP contribution in [0, 0.1) is 6.92 Å². The van der Waals surface area contributed by atoms with Crippen LogP contribution in [0.25, 0.3) is 6.08 Å². The Balaban J connectivity index is 1.69. The molecule has 28 heavy (non-hydrogen) atoms. The Kier molecular flexibility index (Phi) is 5.96. The zero-order valence-electron chi connectivity index (χ0n) is 15.6. The highest BCUT2D eigenvalue weighted by atomic mass is 35.5. The number of nitrogens with one attached hydrogen (secondary N) is 1. The van der Waals surface area contributed by atoms with E-state index in [1.165, 1.54) is 17.5 Å². The number of carbonyl (C=O) groups excluding carboxylic acids is 1. The first-order chi connectivity index (χ1) is 13.3. The summed E-state index contributed by atoms with van der Waals surface area (Å²) in [6.45, 7) is 2.34. The number of halogens is 1. The molecular weight excluding hydrogens is 400 g/mol. The van der Waals surface area contributed by atoms with Gasteiger partial charge in [0.1, 0.15) is 5.75 Å². The molecule has 2 aromatic rings. The molecule has 6 nitrogen and oxygen atoms in total. The fourth-order valence-corrected chi connectivity index (χ4v) is 4.68. The van der Waals surface area contributed by atoms with E-state index in [2.05, 4.69) is 5.32 Å². The number of aryl methyl sites for hydroxylation is 1. The Hall–Kier alpha value is -2.51. The van der Waals surface area contributed by atoms with Gasteiger partial charge in [0.15, 0.2) is 0 Å². The number of anilines is 2. The summed E-state index contributed by atoms with van der Waals surface area (Å²) in [7, 11) is -1.69. The Morgan fingerprint density at radius 2 is 1.96 bits per heavy atom. The summed E-state index contributed by atoms with van der Waals surface area (Å²) < 4.78 is 30.6. The second-order valence-electron chi connectivity index (χ2n) is 6.46. The molecule has 1 N–H and O–H groups in total. The number of sulfonamides is 1. The molecule has 148 valence electrons. The van der Waals surface area contributed by atoms with Gasteiger partial charge in [-0.25, -0.2) is 8.42 Å². The molecule has 0 spiro atoms. The van der Waals surface area contributed by atoms with Gasteiger partial charge >= 0.3 is 0 Å². The maximum Gasteiger partial charge on any atom is 0.248 e. The van der Waals surface area contributed by atoms with Crippen LogP contribution in [0.2, 0.25) is 5.02 Å². The summed E-state index contributed by atoms with van der Waals surface area (Å²) in [6, 6.07) is 10.4. The molecule has 1 aliphatic rings. The Morgan fingerprint density at radius 3 is 2.57 bits per heavy atom. The van der Waals surface area contributed by atoms with Crippen molar-refractivity contribution in [2.24, 2.45) is 0 Å². The van der Waals surface area contributed by atoms with E-state index in [-0.39, 0.29) is 11.7 Å². The zero-order chi connectivity index (χ0) is 20.3. The molecule has 1 aliphatic heterocycles. The third kappa shape index (κ3) is 4.48. The molecule has 0 unspecified atom stereocenters. The lowest BCUT2D eigenvalue weighted by Gasteiger charge is -2.16. The summed E-state index contributed by atoms with van der Waals surface area (Å²) in [4.78, 5) is 12.2. The van der Waals surface area contributed by atoms with Gasteiger partial charge in [-0.3, -0.25) is 9.10 Å². The fourth-order valence-electron chi connectivity index (χ4n) is 2.96. The lowest BCUT2D eigenvalue weighted by Crippen LogP contribution is -2.24. The van der Waals surface area contributed by atoms with E-state index >= 15 is 0 Å². The first-order valence-corrected chi connectivity index (χ1v) is 10.7. The molecule has 3 rings (SSSR count). The van der Waals surface area contributed by atoms with Crippen LogP contribution in [0.1, 0.15) is 17.5 Å². The van der Waals surface area contributed by atoms with Crippen LogP contribution < -0.4 is 14.4 Å². The first kappa shape index (κ1) is 20.2. The standard InChI is InChI=1S/C20H21ClN2O4S/c1-14-12-18(19(27-2)13-17(14)21)22-20(24)9-6-15-4-7-16(8-5-15)23-10-3-11-28(23,25)26/h4-9,12-13H,3,10-11H2,1-2H3,(H,22,24)/b9-6+. The number of methoxy groups -OCH3 is 1. The third-order valence-corrected chi connectivity index (χ3v) is 6.72. The molecule has 0 saturated carbocycles. The van der Waals surface area contributed by atoms with E-state index in [0.29, 0.717) is 35.1 Å². The molecule has 0 aromatic heterocycles. The second kappa shape index (κ2) is 8.24. The Morgan fingerprint density at radius 1 is 1.25 bits per heavy atom. The number of rotatable bonds is 5. The number of carbonyl (C=O) groups is 1. The normalized spacial score (nSPS) is 15.8. The smallest absolute Gasteiger partial charge is 0.248 e. The molecule has 1 heterocycles. The van der Waals surface area contributed by atoms with Gasteiger partial charge in [-0.05, 0) is 48.7 Å². The van der Waals surface area contributed by atoms with Crippen molar-refractivity contribution in [3.05, 3.63) is 58.6 Å². The topological polar surface area (TPSA) is 75.7 Å². The molecule has 0 bridgehead atoms. The van der Waals surface area contributed by atoms with Crippen molar-refractivity contribution < 1.29 is 17.9 Å². The van der Waals surface area contributed by atoms with Crippen LogP contribution in [0.15, 0.2) is 42.5 Å². The van der Waals surface area contributed by atoms with Gasteiger partial charge in [-0.1, -0.05) is 23.7 Å². The van der Waals surface area contributed by atoms with E-state index in [4.69, 9.17) is 16.3 Å². The van der Waals surface area contributed by atoms with Gasteiger partial charge in [-0.2, -0.15) is 0 Å². The van der Waals surface area contributed by atoms with Crippen LogP contribution in [0.3, 0.4) is 0 Å². The average molecular weight is 421 g/mol. The lowest BCUT2D eigenvalue weighted by molar-refractivity contribution is -0.111. The lowest BCUT2D eigenvalue weighted by atomic mass is 10.2. The van der Waals surface area contributed by atoms with Crippen LogP contribution in [-0.2, 0) is 14.8 Å². The fraction of sp³-hybridized carbons (Fsp3) is 0.250. The van der Waals surface area contributed by atoms with E-state index in [1.807, 2.05) is 6.92 Å². The van der Waals surface area contributed by atoms with Gasteiger partial charge in [0.2, 0.25) is 15.9 Å². The largest absolute Gasteiger partial charge is 0.495 e. The molecular formula is C20H21ClN2O4S. The number of benzene rings is 2.